The van der Waals surface area contributed by atoms with Gasteiger partial charge in [0, 0.05) is 6.54 Å². The van der Waals surface area contributed by atoms with Gasteiger partial charge in [-0.3, -0.25) is 19.7 Å². The molecule has 0 aliphatic carbocycles. The van der Waals surface area contributed by atoms with Gasteiger partial charge in [0.05, 0.1) is 22.0 Å². The van der Waals surface area contributed by atoms with E-state index in [1.807, 2.05) is 0 Å². The second kappa shape index (κ2) is 6.17. The first-order chi connectivity index (χ1) is 9.56. The van der Waals surface area contributed by atoms with Crippen LogP contribution in [0.2, 0.25) is 0 Å². The number of carboxylic acids is 1. The maximum absolute atomic E-state index is 13.3. The molecule has 0 unspecified atom stereocenters. The molecular weight excluding hydrogens is 351 g/mol. The molecule has 1 aromatic carbocycles. The van der Waals surface area contributed by atoms with Crippen molar-refractivity contribution in [1.29, 1.82) is 0 Å². The largest absolute Gasteiger partial charge is 0.481 e. The van der Waals surface area contributed by atoms with Gasteiger partial charge in [-0.2, -0.15) is 0 Å². The van der Waals surface area contributed by atoms with Crippen molar-refractivity contribution in [3.05, 3.63) is 38.1 Å². The number of carboxylic acid groups (broad SMARTS) is 1. The highest BCUT2D eigenvalue weighted by molar-refractivity contribution is 9.10. The Labute approximate surface area is 127 Å². The smallest absolute Gasteiger partial charge is 0.310 e. The molecule has 114 valence electrons. The van der Waals surface area contributed by atoms with Crippen LogP contribution in [-0.2, 0) is 4.79 Å². The summed E-state index contributed by atoms with van der Waals surface area (Å²) in [5.41, 5.74) is -2.08. The van der Waals surface area contributed by atoms with Crippen molar-refractivity contribution in [2.24, 2.45) is 5.41 Å². The highest BCUT2D eigenvalue weighted by Gasteiger charge is 2.29. The maximum Gasteiger partial charge on any atom is 0.310 e. The average molecular weight is 363 g/mol. The molecule has 0 aromatic heterocycles. The van der Waals surface area contributed by atoms with Gasteiger partial charge < -0.3 is 10.4 Å². The number of nitro groups is 1. The van der Waals surface area contributed by atoms with Crippen LogP contribution in [-0.4, -0.2) is 28.5 Å². The lowest BCUT2D eigenvalue weighted by atomic mass is 9.94. The molecule has 0 heterocycles. The highest BCUT2D eigenvalue weighted by atomic mass is 79.9. The Morgan fingerprint density at radius 1 is 1.48 bits per heavy atom. The molecule has 0 bridgehead atoms. The Kier molecular flexibility index (Phi) is 5.00. The second-order valence-electron chi connectivity index (χ2n) is 4.92. The van der Waals surface area contributed by atoms with Gasteiger partial charge in [0.1, 0.15) is 10.3 Å². The van der Waals surface area contributed by atoms with Crippen molar-refractivity contribution >= 4 is 33.5 Å². The molecule has 0 saturated carbocycles. The van der Waals surface area contributed by atoms with Crippen LogP contribution < -0.4 is 5.32 Å². The van der Waals surface area contributed by atoms with E-state index in [2.05, 4.69) is 21.2 Å². The number of amides is 1. The summed E-state index contributed by atoms with van der Waals surface area (Å²) in [6.07, 6.45) is 0. The number of carbonyl (C=O) groups excluding carboxylic acids is 1. The second-order valence-corrected chi connectivity index (χ2v) is 5.71. The molecule has 1 aromatic rings. The lowest BCUT2D eigenvalue weighted by Gasteiger charge is -2.19. The van der Waals surface area contributed by atoms with Crippen LogP contribution in [0.15, 0.2) is 16.6 Å². The van der Waals surface area contributed by atoms with Gasteiger partial charge >= 0.3 is 5.97 Å². The molecule has 21 heavy (non-hydrogen) atoms. The average Bonchev–Trinajstić information content (AvgIpc) is 2.37. The van der Waals surface area contributed by atoms with Crippen molar-refractivity contribution in [3.63, 3.8) is 0 Å². The Hall–Kier alpha value is -2.03. The quantitative estimate of drug-likeness (QED) is 0.616. The molecule has 0 radical (unpaired) electrons. The van der Waals surface area contributed by atoms with Crippen LogP contribution in [0.3, 0.4) is 0 Å². The number of nitrogens with zero attached hydrogens (tertiary/aromatic N) is 1. The third-order valence-corrected chi connectivity index (χ3v) is 3.56. The number of hydrogen-bond acceptors (Lipinski definition) is 4. The number of nitro benzene ring substituents is 1. The fourth-order valence-corrected chi connectivity index (χ4v) is 1.90. The number of rotatable bonds is 5. The van der Waals surface area contributed by atoms with E-state index in [0.717, 1.165) is 6.07 Å². The molecule has 0 aliphatic rings. The molecule has 9 heteroatoms. The van der Waals surface area contributed by atoms with Gasteiger partial charge in [-0.25, -0.2) is 4.39 Å². The van der Waals surface area contributed by atoms with E-state index < -0.39 is 33.7 Å². The van der Waals surface area contributed by atoms with E-state index in [4.69, 9.17) is 5.11 Å². The molecule has 0 spiro atoms. The summed E-state index contributed by atoms with van der Waals surface area (Å²) in [7, 11) is 0. The van der Waals surface area contributed by atoms with Crippen LogP contribution >= 0.6 is 15.9 Å². The summed E-state index contributed by atoms with van der Waals surface area (Å²) in [6, 6.07) is 1.52. The fraction of sp³-hybridized carbons (Fsp3) is 0.333. The summed E-state index contributed by atoms with van der Waals surface area (Å²) in [6.45, 7) is 2.59. The normalized spacial score (nSPS) is 11.0. The maximum atomic E-state index is 13.3. The van der Waals surface area contributed by atoms with Gasteiger partial charge in [-0.15, -0.1) is 0 Å². The molecule has 2 N–H and O–H groups in total. The lowest BCUT2D eigenvalue weighted by Crippen LogP contribution is -2.39. The zero-order chi connectivity index (χ0) is 16.4. The Bertz CT molecular complexity index is 618. The molecular formula is C12H12BrFN2O5. The summed E-state index contributed by atoms with van der Waals surface area (Å²) >= 11 is 2.88. The van der Waals surface area contributed by atoms with Crippen LogP contribution in [0.1, 0.15) is 24.2 Å². The first-order valence-corrected chi connectivity index (χ1v) is 6.50. The highest BCUT2D eigenvalue weighted by Crippen LogP contribution is 2.29. The van der Waals surface area contributed by atoms with Crippen molar-refractivity contribution in [3.8, 4) is 0 Å². The predicted molar refractivity (Wildman–Crippen MR) is 74.5 cm³/mol. The standard InChI is InChI=1S/C12H12BrFN2O5/c1-12(2,11(18)19)5-15-10(17)7-3-6(14)4-8(9(7)13)16(20)21/h3-4H,5H2,1-2H3,(H,15,17)(H,18,19). The summed E-state index contributed by atoms with van der Waals surface area (Å²) in [4.78, 5) is 32.8. The van der Waals surface area contributed by atoms with E-state index in [0.29, 0.717) is 6.07 Å². The topological polar surface area (TPSA) is 110 Å². The number of benzene rings is 1. The number of aliphatic carboxylic acids is 1. The molecule has 0 fully saturated rings. The zero-order valence-corrected chi connectivity index (χ0v) is 12.7. The van der Waals surface area contributed by atoms with Gasteiger partial charge in [0.15, 0.2) is 0 Å². The number of nitrogens with one attached hydrogen (secondary N) is 1. The van der Waals surface area contributed by atoms with Crippen LogP contribution in [0, 0.1) is 21.3 Å². The van der Waals surface area contributed by atoms with E-state index in [9.17, 15) is 24.1 Å². The van der Waals surface area contributed by atoms with Crippen molar-refractivity contribution in [1.82, 2.24) is 5.32 Å². The third-order valence-electron chi connectivity index (χ3n) is 2.73. The van der Waals surface area contributed by atoms with Crippen molar-refractivity contribution in [2.75, 3.05) is 6.54 Å². The third kappa shape index (κ3) is 3.97. The predicted octanol–water partition coefficient (Wildman–Crippen LogP) is 2.34. The molecule has 0 saturated heterocycles. The minimum absolute atomic E-state index is 0.167. The monoisotopic (exact) mass is 362 g/mol. The Morgan fingerprint density at radius 2 is 2.05 bits per heavy atom. The molecule has 1 amide bonds. The molecule has 7 nitrogen and oxygen atoms in total. The zero-order valence-electron chi connectivity index (χ0n) is 11.1. The first kappa shape index (κ1) is 17.0. The van der Waals surface area contributed by atoms with Crippen molar-refractivity contribution < 1.29 is 24.0 Å². The number of hydrogen-bond donors (Lipinski definition) is 2. The molecule has 1 rings (SSSR count). The Balaban J connectivity index is 3.04. The fourth-order valence-electron chi connectivity index (χ4n) is 1.35. The number of halogens is 2. The summed E-state index contributed by atoms with van der Waals surface area (Å²) in [5, 5.41) is 22.0. The van der Waals surface area contributed by atoms with Crippen molar-refractivity contribution in [2.45, 2.75) is 13.8 Å². The molecule has 0 aliphatic heterocycles. The van der Waals surface area contributed by atoms with E-state index in [1.54, 1.807) is 0 Å². The van der Waals surface area contributed by atoms with Gasteiger partial charge in [0.25, 0.3) is 11.6 Å². The van der Waals surface area contributed by atoms with Crippen LogP contribution in [0.25, 0.3) is 0 Å². The van der Waals surface area contributed by atoms with Gasteiger partial charge in [-0.1, -0.05) is 0 Å². The van der Waals surface area contributed by atoms with Gasteiger partial charge in [-0.05, 0) is 35.8 Å². The van der Waals surface area contributed by atoms with Gasteiger partial charge in [0.2, 0.25) is 0 Å². The summed E-state index contributed by atoms with van der Waals surface area (Å²) in [5.74, 6) is -2.86. The van der Waals surface area contributed by atoms with E-state index in [-0.39, 0.29) is 16.6 Å². The summed E-state index contributed by atoms with van der Waals surface area (Å²) < 4.78 is 13.2. The minimum atomic E-state index is -1.22. The van der Waals surface area contributed by atoms with E-state index >= 15 is 0 Å². The van der Waals surface area contributed by atoms with E-state index in [1.165, 1.54) is 13.8 Å². The number of carbonyl (C=O) groups is 2. The SMILES string of the molecule is CC(C)(CNC(=O)c1cc(F)cc([N+](=O)[O-])c1Br)C(=O)O. The van der Waals surface area contributed by atoms with Crippen LogP contribution in [0.4, 0.5) is 10.1 Å². The Morgan fingerprint density at radius 3 is 2.52 bits per heavy atom. The lowest BCUT2D eigenvalue weighted by molar-refractivity contribution is -0.385. The molecule has 0 atom stereocenters. The first-order valence-electron chi connectivity index (χ1n) is 5.71. The van der Waals surface area contributed by atoms with Crippen LogP contribution in [0.5, 0.6) is 0 Å². The minimum Gasteiger partial charge on any atom is -0.481 e.